The van der Waals surface area contributed by atoms with Gasteiger partial charge >= 0.3 is 0 Å². The molecule has 13 heavy (non-hydrogen) atoms. The van der Waals surface area contributed by atoms with E-state index in [0.717, 1.165) is 6.42 Å². The fourth-order valence-electron chi connectivity index (χ4n) is 1.27. The topological polar surface area (TPSA) is 0 Å². The van der Waals surface area contributed by atoms with Crippen molar-refractivity contribution in [1.29, 1.82) is 0 Å². The van der Waals surface area contributed by atoms with Crippen molar-refractivity contribution >= 4 is 23.2 Å². The maximum atomic E-state index is 5.89. The van der Waals surface area contributed by atoms with Crippen LogP contribution in [0.25, 0.3) is 0 Å². The summed E-state index contributed by atoms with van der Waals surface area (Å²) in [5.41, 5.74) is 1.28. The molecule has 2 heteroatoms. The molecule has 0 N–H and O–H groups in total. The van der Waals surface area contributed by atoms with Gasteiger partial charge in [0.15, 0.2) is 0 Å². The van der Waals surface area contributed by atoms with Crippen LogP contribution in [0.2, 0.25) is 10.0 Å². The van der Waals surface area contributed by atoms with E-state index in [1.807, 2.05) is 18.2 Å². The largest absolute Gasteiger partial charge is 0.0827 e. The Morgan fingerprint density at radius 2 is 1.85 bits per heavy atom. The Hall–Kier alpha value is -0.200. The SMILES string of the molecule is CCCCCc1ccc(Cl)c(Cl)c1. The molecule has 0 nitrogen and oxygen atoms in total. The van der Waals surface area contributed by atoms with Gasteiger partial charge < -0.3 is 0 Å². The molecule has 0 aliphatic rings. The summed E-state index contributed by atoms with van der Waals surface area (Å²) >= 11 is 11.7. The lowest BCUT2D eigenvalue weighted by Crippen LogP contribution is -1.85. The molecule has 0 saturated carbocycles. The quantitative estimate of drug-likeness (QED) is 0.639. The Labute approximate surface area is 89.9 Å². The van der Waals surface area contributed by atoms with Gasteiger partial charge in [0.1, 0.15) is 0 Å². The molecule has 0 unspecified atom stereocenters. The average molecular weight is 217 g/mol. The average Bonchev–Trinajstić information content (AvgIpc) is 2.12. The molecule has 0 atom stereocenters. The van der Waals surface area contributed by atoms with Crippen molar-refractivity contribution in [3.63, 3.8) is 0 Å². The van der Waals surface area contributed by atoms with Crippen LogP contribution in [0, 0.1) is 0 Å². The van der Waals surface area contributed by atoms with Crippen molar-refractivity contribution in [2.24, 2.45) is 0 Å². The van der Waals surface area contributed by atoms with Gasteiger partial charge in [-0.15, -0.1) is 0 Å². The van der Waals surface area contributed by atoms with Gasteiger partial charge in [-0.2, -0.15) is 0 Å². The molecule has 1 aromatic carbocycles. The van der Waals surface area contributed by atoms with Crippen molar-refractivity contribution in [3.05, 3.63) is 33.8 Å². The summed E-state index contributed by atoms with van der Waals surface area (Å²) in [4.78, 5) is 0. The van der Waals surface area contributed by atoms with E-state index < -0.39 is 0 Å². The fourth-order valence-corrected chi connectivity index (χ4v) is 1.59. The van der Waals surface area contributed by atoms with Gasteiger partial charge in [0.05, 0.1) is 10.0 Å². The molecule has 1 aromatic rings. The summed E-state index contributed by atoms with van der Waals surface area (Å²) in [6.07, 6.45) is 4.86. The minimum Gasteiger partial charge on any atom is -0.0827 e. The van der Waals surface area contributed by atoms with Crippen LogP contribution in [-0.2, 0) is 6.42 Å². The highest BCUT2D eigenvalue weighted by atomic mass is 35.5. The van der Waals surface area contributed by atoms with Gasteiger partial charge in [0.25, 0.3) is 0 Å². The molecule has 0 radical (unpaired) electrons. The predicted molar refractivity (Wildman–Crippen MR) is 59.7 cm³/mol. The zero-order valence-electron chi connectivity index (χ0n) is 7.82. The highest BCUT2D eigenvalue weighted by Gasteiger charge is 1.98. The van der Waals surface area contributed by atoms with E-state index in [9.17, 15) is 0 Å². The number of hydrogen-bond acceptors (Lipinski definition) is 0. The third kappa shape index (κ3) is 3.58. The molecular weight excluding hydrogens is 203 g/mol. The van der Waals surface area contributed by atoms with Crippen LogP contribution in [0.5, 0.6) is 0 Å². The van der Waals surface area contributed by atoms with Crippen LogP contribution in [0.4, 0.5) is 0 Å². The maximum Gasteiger partial charge on any atom is 0.0595 e. The second-order valence-electron chi connectivity index (χ2n) is 3.21. The molecule has 0 aliphatic carbocycles. The predicted octanol–water partition coefficient (Wildman–Crippen LogP) is 4.73. The van der Waals surface area contributed by atoms with Crippen LogP contribution >= 0.6 is 23.2 Å². The lowest BCUT2D eigenvalue weighted by molar-refractivity contribution is 0.717. The first-order chi connectivity index (χ1) is 6.24. The Balaban J connectivity index is 2.53. The molecule has 0 amide bonds. The summed E-state index contributed by atoms with van der Waals surface area (Å²) in [6, 6.07) is 5.87. The van der Waals surface area contributed by atoms with Gasteiger partial charge in [-0.05, 0) is 30.5 Å². The van der Waals surface area contributed by atoms with Crippen LogP contribution < -0.4 is 0 Å². The Morgan fingerprint density at radius 1 is 1.08 bits per heavy atom. The Morgan fingerprint density at radius 3 is 2.46 bits per heavy atom. The van der Waals surface area contributed by atoms with Crippen LogP contribution in [-0.4, -0.2) is 0 Å². The minimum absolute atomic E-state index is 0.640. The maximum absolute atomic E-state index is 5.89. The number of halogens is 2. The third-order valence-corrected chi connectivity index (χ3v) is 2.79. The molecule has 0 fully saturated rings. The number of unbranched alkanes of at least 4 members (excludes halogenated alkanes) is 2. The van der Waals surface area contributed by atoms with Crippen LogP contribution in [0.1, 0.15) is 31.7 Å². The van der Waals surface area contributed by atoms with E-state index in [1.54, 1.807) is 0 Å². The number of benzene rings is 1. The van der Waals surface area contributed by atoms with Crippen LogP contribution in [0.15, 0.2) is 18.2 Å². The van der Waals surface area contributed by atoms with Gasteiger partial charge in [-0.3, -0.25) is 0 Å². The first-order valence-corrected chi connectivity index (χ1v) is 5.43. The highest BCUT2D eigenvalue weighted by molar-refractivity contribution is 6.42. The van der Waals surface area contributed by atoms with Gasteiger partial charge in [-0.25, -0.2) is 0 Å². The molecule has 72 valence electrons. The molecule has 0 aliphatic heterocycles. The Kier molecular flexibility index (Phi) is 4.61. The number of hydrogen-bond donors (Lipinski definition) is 0. The lowest BCUT2D eigenvalue weighted by Gasteiger charge is -2.02. The first kappa shape index (κ1) is 10.9. The van der Waals surface area contributed by atoms with E-state index in [1.165, 1.54) is 24.8 Å². The monoisotopic (exact) mass is 216 g/mol. The zero-order valence-corrected chi connectivity index (χ0v) is 9.33. The highest BCUT2D eigenvalue weighted by Crippen LogP contribution is 2.23. The molecule has 0 aromatic heterocycles. The summed E-state index contributed by atoms with van der Waals surface area (Å²) < 4.78 is 0. The molecule has 1 rings (SSSR count). The smallest absolute Gasteiger partial charge is 0.0595 e. The van der Waals surface area contributed by atoms with E-state index >= 15 is 0 Å². The summed E-state index contributed by atoms with van der Waals surface area (Å²) in [7, 11) is 0. The second-order valence-corrected chi connectivity index (χ2v) is 4.02. The van der Waals surface area contributed by atoms with Crippen LogP contribution in [0.3, 0.4) is 0 Å². The van der Waals surface area contributed by atoms with E-state index in [2.05, 4.69) is 6.92 Å². The molecule has 0 bridgehead atoms. The fraction of sp³-hybridized carbons (Fsp3) is 0.455. The third-order valence-electron chi connectivity index (χ3n) is 2.05. The lowest BCUT2D eigenvalue weighted by atomic mass is 10.1. The zero-order chi connectivity index (χ0) is 9.68. The molecule has 0 heterocycles. The summed E-state index contributed by atoms with van der Waals surface area (Å²) in [6.45, 7) is 2.20. The molecule has 0 spiro atoms. The number of aryl methyl sites for hydroxylation is 1. The van der Waals surface area contributed by atoms with E-state index in [-0.39, 0.29) is 0 Å². The second kappa shape index (κ2) is 5.51. The van der Waals surface area contributed by atoms with Gasteiger partial charge in [-0.1, -0.05) is 49.0 Å². The normalized spacial score (nSPS) is 10.4. The van der Waals surface area contributed by atoms with Crippen molar-refractivity contribution in [2.75, 3.05) is 0 Å². The molecule has 0 saturated heterocycles. The van der Waals surface area contributed by atoms with Crippen molar-refractivity contribution in [1.82, 2.24) is 0 Å². The van der Waals surface area contributed by atoms with Crippen molar-refractivity contribution in [3.8, 4) is 0 Å². The summed E-state index contributed by atoms with van der Waals surface area (Å²) in [5.74, 6) is 0. The van der Waals surface area contributed by atoms with Crippen molar-refractivity contribution < 1.29 is 0 Å². The minimum atomic E-state index is 0.640. The van der Waals surface area contributed by atoms with E-state index in [4.69, 9.17) is 23.2 Å². The molecular formula is C11H14Cl2. The van der Waals surface area contributed by atoms with E-state index in [0.29, 0.717) is 10.0 Å². The Bertz CT molecular complexity index is 269. The standard InChI is InChI=1S/C11H14Cl2/c1-2-3-4-5-9-6-7-10(12)11(13)8-9/h6-8H,2-5H2,1H3. The first-order valence-electron chi connectivity index (χ1n) is 4.68. The van der Waals surface area contributed by atoms with Crippen molar-refractivity contribution in [2.45, 2.75) is 32.6 Å². The van der Waals surface area contributed by atoms with Gasteiger partial charge in [0.2, 0.25) is 0 Å². The van der Waals surface area contributed by atoms with Gasteiger partial charge in [0, 0.05) is 0 Å². The number of rotatable bonds is 4. The summed E-state index contributed by atoms with van der Waals surface area (Å²) in [5, 5.41) is 1.30.